The highest BCUT2D eigenvalue weighted by Gasteiger charge is 2.27. The van der Waals surface area contributed by atoms with Crippen molar-refractivity contribution in [3.63, 3.8) is 0 Å². The van der Waals surface area contributed by atoms with E-state index in [1.807, 2.05) is 31.2 Å². The highest BCUT2D eigenvalue weighted by atomic mass is 16.5. The van der Waals surface area contributed by atoms with Crippen molar-refractivity contribution in [3.8, 4) is 0 Å². The van der Waals surface area contributed by atoms with Gasteiger partial charge in [0.15, 0.2) is 12.4 Å². The quantitative estimate of drug-likeness (QED) is 0.509. The second kappa shape index (κ2) is 7.35. The molecule has 1 amide bonds. The molecule has 0 aromatic heterocycles. The molecular formula is C21H19NO4. The number of benzene rings is 2. The summed E-state index contributed by atoms with van der Waals surface area (Å²) in [6.07, 6.45) is 2.97. The third kappa shape index (κ3) is 3.72. The van der Waals surface area contributed by atoms with Gasteiger partial charge in [0.25, 0.3) is 0 Å². The van der Waals surface area contributed by atoms with Crippen LogP contribution in [0.3, 0.4) is 0 Å². The second-order valence-corrected chi connectivity index (χ2v) is 6.23. The van der Waals surface area contributed by atoms with Crippen LogP contribution in [-0.4, -0.2) is 24.3 Å². The minimum absolute atomic E-state index is 0.0858. The standard InChI is InChI=1S/C21H19NO4/c1-13-5-3-4-6-15(13)8-10-20(24)26-12-19(23)16-7-9-18-17(11-16)14(2)21(25)22-18/h3-11,14H,12H2,1-2H3,(H,22,25)/b10-8+/t14-/m0/s1. The number of fused-ring (bicyclic) bond motifs is 1. The van der Waals surface area contributed by atoms with E-state index in [1.165, 1.54) is 6.08 Å². The first kappa shape index (κ1) is 17.6. The zero-order chi connectivity index (χ0) is 18.7. The van der Waals surface area contributed by atoms with Crippen LogP contribution < -0.4 is 5.32 Å². The number of rotatable bonds is 5. The van der Waals surface area contributed by atoms with Gasteiger partial charge in [-0.15, -0.1) is 0 Å². The molecule has 1 aliphatic heterocycles. The van der Waals surface area contributed by atoms with Gasteiger partial charge in [-0.1, -0.05) is 24.3 Å². The Morgan fingerprint density at radius 2 is 1.96 bits per heavy atom. The number of esters is 1. The van der Waals surface area contributed by atoms with Crippen LogP contribution >= 0.6 is 0 Å². The SMILES string of the molecule is Cc1ccccc1/C=C/C(=O)OCC(=O)c1ccc2c(c1)[C@H](C)C(=O)N2. The molecule has 1 aliphatic rings. The monoisotopic (exact) mass is 349 g/mol. The number of anilines is 1. The molecule has 1 N–H and O–H groups in total. The van der Waals surface area contributed by atoms with Crippen molar-refractivity contribution in [2.45, 2.75) is 19.8 Å². The molecule has 0 aliphatic carbocycles. The van der Waals surface area contributed by atoms with Crippen LogP contribution in [0.1, 0.15) is 39.9 Å². The number of nitrogens with one attached hydrogen (secondary N) is 1. The smallest absolute Gasteiger partial charge is 0.331 e. The molecule has 0 radical (unpaired) electrons. The van der Waals surface area contributed by atoms with E-state index in [4.69, 9.17) is 4.74 Å². The van der Waals surface area contributed by atoms with Crippen LogP contribution in [0.15, 0.2) is 48.5 Å². The molecule has 0 unspecified atom stereocenters. The summed E-state index contributed by atoms with van der Waals surface area (Å²) < 4.78 is 5.03. The predicted octanol–water partition coefficient (Wildman–Crippen LogP) is 3.49. The number of ketones is 1. The summed E-state index contributed by atoms with van der Waals surface area (Å²) in [5, 5.41) is 2.76. The first-order chi connectivity index (χ1) is 12.5. The molecule has 1 heterocycles. The summed E-state index contributed by atoms with van der Waals surface area (Å²) in [5.74, 6) is -1.26. The summed E-state index contributed by atoms with van der Waals surface area (Å²) in [7, 11) is 0. The minimum Gasteiger partial charge on any atom is -0.454 e. The first-order valence-electron chi connectivity index (χ1n) is 8.34. The Labute approximate surface area is 151 Å². The number of ether oxygens (including phenoxy) is 1. The molecule has 0 fully saturated rings. The van der Waals surface area contributed by atoms with Crippen molar-refractivity contribution in [3.05, 3.63) is 70.8 Å². The van der Waals surface area contributed by atoms with E-state index in [9.17, 15) is 14.4 Å². The lowest BCUT2D eigenvalue weighted by Crippen LogP contribution is -2.13. The Kier molecular flexibility index (Phi) is 4.98. The molecule has 1 atom stereocenters. The van der Waals surface area contributed by atoms with E-state index >= 15 is 0 Å². The number of aryl methyl sites for hydroxylation is 1. The lowest BCUT2D eigenvalue weighted by Gasteiger charge is -2.06. The summed E-state index contributed by atoms with van der Waals surface area (Å²) in [5.41, 5.74) is 3.88. The highest BCUT2D eigenvalue weighted by molar-refractivity contribution is 6.05. The Bertz CT molecular complexity index is 914. The number of amides is 1. The van der Waals surface area contributed by atoms with Crippen LogP contribution in [0.25, 0.3) is 6.08 Å². The van der Waals surface area contributed by atoms with Crippen molar-refractivity contribution < 1.29 is 19.1 Å². The van der Waals surface area contributed by atoms with Crippen molar-refractivity contribution in [2.75, 3.05) is 11.9 Å². The average Bonchev–Trinajstić information content (AvgIpc) is 2.92. The van der Waals surface area contributed by atoms with E-state index < -0.39 is 5.97 Å². The molecule has 0 spiro atoms. The molecule has 0 saturated carbocycles. The van der Waals surface area contributed by atoms with Gasteiger partial charge in [0, 0.05) is 17.3 Å². The van der Waals surface area contributed by atoms with Crippen LogP contribution in [-0.2, 0) is 14.3 Å². The first-order valence-corrected chi connectivity index (χ1v) is 8.34. The predicted molar refractivity (Wildman–Crippen MR) is 99.0 cm³/mol. The Balaban J connectivity index is 1.60. The lowest BCUT2D eigenvalue weighted by atomic mass is 9.99. The molecule has 3 rings (SSSR count). The Morgan fingerprint density at radius 3 is 2.73 bits per heavy atom. The van der Waals surface area contributed by atoms with E-state index in [0.717, 1.165) is 22.4 Å². The highest BCUT2D eigenvalue weighted by Crippen LogP contribution is 2.32. The van der Waals surface area contributed by atoms with Crippen molar-refractivity contribution in [1.82, 2.24) is 0 Å². The van der Waals surface area contributed by atoms with Crippen LogP contribution in [0.4, 0.5) is 5.69 Å². The van der Waals surface area contributed by atoms with Crippen LogP contribution in [0.2, 0.25) is 0 Å². The second-order valence-electron chi connectivity index (χ2n) is 6.23. The topological polar surface area (TPSA) is 72.5 Å². The fourth-order valence-corrected chi connectivity index (χ4v) is 2.79. The summed E-state index contributed by atoms with van der Waals surface area (Å²) in [6.45, 7) is 3.39. The number of hydrogen-bond acceptors (Lipinski definition) is 4. The van der Waals surface area contributed by atoms with Crippen molar-refractivity contribution in [2.24, 2.45) is 0 Å². The Hall–Kier alpha value is -3.21. The molecule has 5 nitrogen and oxygen atoms in total. The van der Waals surface area contributed by atoms with E-state index in [1.54, 1.807) is 31.2 Å². The number of Topliss-reactive ketones (excluding diaryl/α,β-unsaturated/α-hetero) is 1. The summed E-state index contributed by atoms with van der Waals surface area (Å²) in [6, 6.07) is 12.6. The number of carbonyl (C=O) groups excluding carboxylic acids is 3. The number of carbonyl (C=O) groups is 3. The van der Waals surface area contributed by atoms with Gasteiger partial charge in [0.05, 0.1) is 5.92 Å². The molecule has 132 valence electrons. The third-order valence-corrected chi connectivity index (χ3v) is 4.42. The zero-order valence-corrected chi connectivity index (χ0v) is 14.6. The largest absolute Gasteiger partial charge is 0.454 e. The molecule has 2 aromatic rings. The molecule has 5 heteroatoms. The van der Waals surface area contributed by atoms with Gasteiger partial charge in [0.1, 0.15) is 0 Å². The number of hydrogen-bond donors (Lipinski definition) is 1. The van der Waals surface area contributed by atoms with Crippen LogP contribution in [0.5, 0.6) is 0 Å². The summed E-state index contributed by atoms with van der Waals surface area (Å²) >= 11 is 0. The van der Waals surface area contributed by atoms with E-state index in [0.29, 0.717) is 5.56 Å². The molecule has 0 bridgehead atoms. The normalized spacial score (nSPS) is 15.6. The van der Waals surface area contributed by atoms with E-state index in [2.05, 4.69) is 5.32 Å². The molecule has 0 saturated heterocycles. The summed E-state index contributed by atoms with van der Waals surface area (Å²) in [4.78, 5) is 35.8. The fourth-order valence-electron chi connectivity index (χ4n) is 2.79. The van der Waals surface area contributed by atoms with E-state index in [-0.39, 0.29) is 24.2 Å². The molecular weight excluding hydrogens is 330 g/mol. The lowest BCUT2D eigenvalue weighted by molar-refractivity contribution is -0.136. The van der Waals surface area contributed by atoms with Crippen molar-refractivity contribution >= 4 is 29.4 Å². The van der Waals surface area contributed by atoms with Crippen LogP contribution in [0, 0.1) is 6.92 Å². The minimum atomic E-state index is -0.576. The van der Waals surface area contributed by atoms with Crippen molar-refractivity contribution in [1.29, 1.82) is 0 Å². The zero-order valence-electron chi connectivity index (χ0n) is 14.6. The molecule has 26 heavy (non-hydrogen) atoms. The Morgan fingerprint density at radius 1 is 1.19 bits per heavy atom. The average molecular weight is 349 g/mol. The molecule has 2 aromatic carbocycles. The van der Waals surface area contributed by atoms with Gasteiger partial charge in [-0.25, -0.2) is 4.79 Å². The maximum Gasteiger partial charge on any atom is 0.331 e. The van der Waals surface area contributed by atoms with Gasteiger partial charge in [-0.05, 0) is 54.8 Å². The maximum absolute atomic E-state index is 12.3. The van der Waals surface area contributed by atoms with Gasteiger partial charge in [-0.2, -0.15) is 0 Å². The van der Waals surface area contributed by atoms with Gasteiger partial charge >= 0.3 is 5.97 Å². The van der Waals surface area contributed by atoms with Gasteiger partial charge in [-0.3, -0.25) is 9.59 Å². The maximum atomic E-state index is 12.3. The van der Waals surface area contributed by atoms with Gasteiger partial charge in [0.2, 0.25) is 5.91 Å². The fraction of sp³-hybridized carbons (Fsp3) is 0.190. The van der Waals surface area contributed by atoms with Gasteiger partial charge < -0.3 is 10.1 Å². The third-order valence-electron chi connectivity index (χ3n) is 4.42.